The van der Waals surface area contributed by atoms with Gasteiger partial charge in [-0.25, -0.2) is 0 Å². The van der Waals surface area contributed by atoms with E-state index >= 15 is 0 Å². The molecule has 6 aromatic carbocycles. The van der Waals surface area contributed by atoms with Crippen LogP contribution in [0.15, 0.2) is 164 Å². The van der Waals surface area contributed by atoms with Crippen LogP contribution in [0.3, 0.4) is 0 Å². The molecule has 1 aliphatic heterocycles. The van der Waals surface area contributed by atoms with Gasteiger partial charge in [-0.15, -0.1) is 0 Å². The van der Waals surface area contributed by atoms with Crippen molar-refractivity contribution in [1.29, 1.82) is 0 Å². The van der Waals surface area contributed by atoms with Crippen molar-refractivity contribution in [3.8, 4) is 56.4 Å². The first kappa shape index (κ1) is 37.7. The zero-order chi connectivity index (χ0) is 50.3. The van der Waals surface area contributed by atoms with Crippen LogP contribution < -0.4 is 9.55 Å². The molecule has 9 heteroatoms. The van der Waals surface area contributed by atoms with Gasteiger partial charge in [-0.2, -0.15) is 5.10 Å². The Morgan fingerprint density at radius 3 is 2.05 bits per heavy atom. The molecule has 0 radical (unpaired) electrons. The number of nitrogens with zero attached hydrogens (tertiary/aromatic N) is 6. The molecule has 0 unspecified atom stereocenters. The number of pyridine rings is 1. The normalized spacial score (nSPS) is 13.8. The Hall–Kier alpha value is -6.50. The van der Waals surface area contributed by atoms with Gasteiger partial charge in [0.25, 0.3) is 0 Å². The first-order valence-electron chi connectivity index (χ1n) is 25.1. The summed E-state index contributed by atoms with van der Waals surface area (Å²) in [6, 6.07) is 39.6. The first-order chi connectivity index (χ1) is 33.8. The number of ether oxygens (including phenoxy) is 1. The fraction of sp³-hybridized carbons (Fsp3) is 0.211. The number of fused-ring (bicyclic) bond motifs is 4. The molecule has 0 aliphatic carbocycles. The number of anilines is 2. The number of aromatic nitrogens is 5. The van der Waals surface area contributed by atoms with Gasteiger partial charge in [-0.3, -0.25) is 0 Å². The quantitative estimate of drug-likeness (QED) is 0.135. The Kier molecular flexibility index (Phi) is 9.74. The first-order valence-corrected chi connectivity index (χ1v) is 23.7. The van der Waals surface area contributed by atoms with E-state index in [9.17, 15) is 2.74 Å². The van der Waals surface area contributed by atoms with E-state index in [1.807, 2.05) is 67.0 Å². The van der Waals surface area contributed by atoms with E-state index in [2.05, 4.69) is 160 Å². The van der Waals surface area contributed by atoms with E-state index in [-0.39, 0.29) is 47.5 Å². The Balaban J connectivity index is 1.16. The van der Waals surface area contributed by atoms with Crippen LogP contribution in [-0.2, 0) is 30.2 Å². The van der Waals surface area contributed by atoms with Crippen LogP contribution in [0.25, 0.3) is 55.9 Å². The van der Waals surface area contributed by atoms with E-state index < -0.39 is 6.04 Å². The molecule has 0 atom stereocenters. The second-order valence-electron chi connectivity index (χ2n) is 19.2. The molecule has 0 saturated carbocycles. The van der Waals surface area contributed by atoms with Gasteiger partial charge >= 0.3 is 359 Å². The zero-order valence-electron chi connectivity index (χ0n) is 43.6. The van der Waals surface area contributed by atoms with E-state index in [0.717, 1.165) is 72.7 Å². The van der Waals surface area contributed by atoms with Gasteiger partial charge in [0, 0.05) is 12.4 Å². The molecule has 7 nitrogen and oxygen atoms in total. The van der Waals surface area contributed by atoms with Crippen molar-refractivity contribution in [2.45, 2.75) is 79.0 Å². The number of hydrogen-bond acceptors (Lipinski definition) is 4. The van der Waals surface area contributed by atoms with Crippen molar-refractivity contribution in [2.24, 2.45) is 0 Å². The number of imidazole rings is 1. The molecule has 0 fully saturated rings. The molecule has 4 heterocycles. The van der Waals surface area contributed by atoms with Gasteiger partial charge in [0.15, 0.2) is 0 Å². The van der Waals surface area contributed by atoms with Gasteiger partial charge in [-0.1, -0.05) is 13.3 Å². The number of rotatable bonds is 9. The monoisotopic (exact) mass is 1050 g/mol. The van der Waals surface area contributed by atoms with E-state index in [0.29, 0.717) is 22.7 Å². The van der Waals surface area contributed by atoms with Gasteiger partial charge in [0.1, 0.15) is 0 Å². The van der Waals surface area contributed by atoms with Gasteiger partial charge in [0.05, 0.1) is 0 Å². The van der Waals surface area contributed by atoms with Crippen molar-refractivity contribution in [3.63, 3.8) is 0 Å². The van der Waals surface area contributed by atoms with Crippen LogP contribution in [0.5, 0.6) is 11.5 Å². The van der Waals surface area contributed by atoms with E-state index in [1.54, 1.807) is 0 Å². The average molecular weight is 1050 g/mol. The molecule has 332 valence electrons. The van der Waals surface area contributed by atoms with Crippen LogP contribution >= 0.6 is 0 Å². The molecule has 3 aromatic heterocycles. The maximum atomic E-state index is 9.27. The summed E-state index contributed by atoms with van der Waals surface area (Å²) in [6.07, 6.45) is 5.55. The van der Waals surface area contributed by atoms with Gasteiger partial charge < -0.3 is 0 Å². The Morgan fingerprint density at radius 1 is 0.667 bits per heavy atom. The molecule has 0 N–H and O–H groups in total. The molecular weight excluding hydrogens is 991 g/mol. The molecule has 66 heavy (non-hydrogen) atoms. The minimum atomic E-state index is -0.431. The van der Waals surface area contributed by atoms with E-state index in [4.69, 9.17) is 18.9 Å². The Labute approximate surface area is 406 Å². The number of benzene rings is 6. The third-order valence-corrected chi connectivity index (χ3v) is 13.5. The van der Waals surface area contributed by atoms with Crippen molar-refractivity contribution in [3.05, 3.63) is 184 Å². The summed E-state index contributed by atoms with van der Waals surface area (Å²) >= 11 is 2.37. The predicted molar refractivity (Wildman–Crippen MR) is 269 cm³/mol. The molecular formula is C57H55BN6OPt. The molecule has 10 rings (SSSR count). The summed E-state index contributed by atoms with van der Waals surface area (Å²) in [5, 5.41) is 4.79. The van der Waals surface area contributed by atoms with Crippen molar-refractivity contribution in [2.75, 3.05) is 4.81 Å². The summed E-state index contributed by atoms with van der Waals surface area (Å²) in [5.74, 6) is 2.16. The standard InChI is InChI=1S/C57H55BN6O.Pt/c1-9-29-58-63(54-32-39(2)27-30-59-54)53-37-46(25-26-49(53)50-28-31-60-64(50)58)65-45-20-15-19-44(36-45)61-38-62(52-24-14-13-23-51(52)61)55-47(40-17-11-10-12-18-40)21-16-22-48(55)41-33-42(56(3,4)5)35-43(34-41)57(6,7)8;/h10-28,30-37H,9,29H2,1-8H3;/i10D,11D,12D,17D,18D;. The minimum absolute atomic E-state index is 0.0738. The second kappa shape index (κ2) is 17.1. The summed E-state index contributed by atoms with van der Waals surface area (Å²) in [4.78, 5) is 7.13. The topological polar surface area (TPSA) is 53.0 Å². The fourth-order valence-electron chi connectivity index (χ4n) is 9.11. The number of aryl methyl sites for hydroxylation is 1. The summed E-state index contributed by atoms with van der Waals surface area (Å²) in [5.41, 5.74) is 12.0. The summed E-state index contributed by atoms with van der Waals surface area (Å²) < 4.78 is 58.7. The van der Waals surface area contributed by atoms with Crippen LogP contribution in [0.1, 0.15) is 78.4 Å². The maximum absolute atomic E-state index is 9.27. The van der Waals surface area contributed by atoms with Gasteiger partial charge in [-0.05, 0) is 18.6 Å². The van der Waals surface area contributed by atoms with Gasteiger partial charge in [0.2, 0.25) is 0 Å². The zero-order valence-corrected chi connectivity index (χ0v) is 40.9. The summed E-state index contributed by atoms with van der Waals surface area (Å²) in [6.45, 7) is 17.5. The van der Waals surface area contributed by atoms with Crippen molar-refractivity contribution in [1.82, 2.24) is 23.8 Å². The van der Waals surface area contributed by atoms with E-state index in [1.165, 1.54) is 11.1 Å². The molecule has 0 bridgehead atoms. The Morgan fingerprint density at radius 2 is 1.35 bits per heavy atom. The number of para-hydroxylation sites is 3. The fourth-order valence-corrected chi connectivity index (χ4v) is 10.2. The molecule has 0 amide bonds. The van der Waals surface area contributed by atoms with Crippen LogP contribution in [0.4, 0.5) is 11.5 Å². The molecule has 0 saturated heterocycles. The third kappa shape index (κ3) is 7.89. The van der Waals surface area contributed by atoms with Crippen LogP contribution in [-0.4, -0.2) is 30.8 Å². The van der Waals surface area contributed by atoms with Crippen molar-refractivity contribution < 1.29 is 30.9 Å². The summed E-state index contributed by atoms with van der Waals surface area (Å²) in [7, 11) is 0. The van der Waals surface area contributed by atoms with Crippen LogP contribution in [0, 0.1) is 10.7 Å². The molecule has 1 aliphatic rings. The second-order valence-corrected chi connectivity index (χ2v) is 20.2. The Bertz CT molecular complexity index is 3580. The SMILES string of the molecule is [2H]c1c([2H])c([2H])c(-c2cccc(-c3cc(C(C)(C)C)cc(C(C)(C)C)c3)c2-n2[c](=[Pt])n(-c3cccc(Oc4ccc5c(c4)N(c4cc(C)ccn4)B(CCC)n4nccc4-5)c3)c3ccccc32)c([2H])c1[2H]. The predicted octanol–water partition coefficient (Wildman–Crippen LogP) is 14.7. The molecule has 0 spiro atoms. The average Bonchev–Trinajstić information content (AvgIpc) is 3.95. The van der Waals surface area contributed by atoms with Crippen LogP contribution in [0.2, 0.25) is 6.32 Å². The third-order valence-electron chi connectivity index (χ3n) is 12.5. The number of hydrogen-bond donors (Lipinski definition) is 0. The van der Waals surface area contributed by atoms with Crippen molar-refractivity contribution >= 4 is 29.5 Å². The molecule has 9 aromatic rings.